The molecular formula is C31H34N2O2S. The van der Waals surface area contributed by atoms with Crippen LogP contribution >= 0.6 is 11.8 Å². The topological polar surface area (TPSA) is 41.9 Å². The van der Waals surface area contributed by atoms with Crippen LogP contribution in [-0.2, 0) is 4.79 Å². The molecule has 5 rings (SSSR count). The Balaban J connectivity index is 1.54. The Morgan fingerprint density at radius 2 is 1.72 bits per heavy atom. The summed E-state index contributed by atoms with van der Waals surface area (Å²) in [7, 11) is 0. The highest BCUT2D eigenvalue weighted by molar-refractivity contribution is 8.18. The fourth-order valence-electron chi connectivity index (χ4n) is 5.09. The van der Waals surface area contributed by atoms with Crippen LogP contribution in [0.25, 0.3) is 16.8 Å². The van der Waals surface area contributed by atoms with Crippen LogP contribution in [0, 0.1) is 11.8 Å². The summed E-state index contributed by atoms with van der Waals surface area (Å²) < 4.78 is 6.10. The number of rotatable bonds is 6. The highest BCUT2D eigenvalue weighted by Crippen LogP contribution is 2.41. The van der Waals surface area contributed by atoms with Crippen LogP contribution in [0.5, 0.6) is 5.75 Å². The number of hydrogen-bond donors (Lipinski definition) is 0. The summed E-state index contributed by atoms with van der Waals surface area (Å²) >= 11 is 1.50. The average Bonchev–Trinajstić information content (AvgIpc) is 3.18. The van der Waals surface area contributed by atoms with Gasteiger partial charge >= 0.3 is 0 Å². The number of hydrogen-bond acceptors (Lipinski definition) is 4. The molecule has 1 aliphatic heterocycles. The van der Waals surface area contributed by atoms with Crippen molar-refractivity contribution in [3.63, 3.8) is 0 Å². The van der Waals surface area contributed by atoms with E-state index in [1.165, 1.54) is 18.2 Å². The molecule has 0 radical (unpaired) electrons. The van der Waals surface area contributed by atoms with Gasteiger partial charge in [0, 0.05) is 11.4 Å². The quantitative estimate of drug-likeness (QED) is 0.323. The Hall–Kier alpha value is -3.05. The van der Waals surface area contributed by atoms with Crippen molar-refractivity contribution in [2.45, 2.75) is 52.5 Å². The van der Waals surface area contributed by atoms with Gasteiger partial charge in [0.1, 0.15) is 5.75 Å². The van der Waals surface area contributed by atoms with Gasteiger partial charge in [-0.25, -0.2) is 4.99 Å². The zero-order valence-corrected chi connectivity index (χ0v) is 22.1. The molecule has 1 saturated heterocycles. The number of ether oxygens (including phenoxy) is 1. The number of thioether (sulfide) groups is 1. The van der Waals surface area contributed by atoms with Crippen LogP contribution in [0.1, 0.15) is 52.0 Å². The minimum absolute atomic E-state index is 0.0673. The zero-order chi connectivity index (χ0) is 25.1. The van der Waals surface area contributed by atoms with Gasteiger partial charge in [0.15, 0.2) is 5.17 Å². The molecule has 5 heteroatoms. The fraction of sp³-hybridized carbons (Fsp3) is 0.355. The highest BCUT2D eigenvalue weighted by atomic mass is 32.2. The molecule has 2 fully saturated rings. The molecule has 0 unspecified atom stereocenters. The number of benzene rings is 3. The molecule has 0 N–H and O–H groups in total. The molecular weight excluding hydrogens is 464 g/mol. The minimum Gasteiger partial charge on any atom is -0.493 e. The second-order valence-corrected chi connectivity index (χ2v) is 11.3. The van der Waals surface area contributed by atoms with Crippen LogP contribution in [0.2, 0.25) is 0 Å². The third-order valence-corrected chi connectivity index (χ3v) is 7.98. The van der Waals surface area contributed by atoms with E-state index >= 15 is 0 Å². The summed E-state index contributed by atoms with van der Waals surface area (Å²) in [5.41, 5.74) is 1.90. The fourth-order valence-corrected chi connectivity index (χ4v) is 6.13. The minimum atomic E-state index is 0.0673. The lowest BCUT2D eigenvalue weighted by Crippen LogP contribution is -2.44. The van der Waals surface area contributed by atoms with Crippen LogP contribution in [0.15, 0.2) is 76.6 Å². The molecule has 3 aromatic rings. The third-order valence-electron chi connectivity index (χ3n) is 6.99. The normalized spacial score (nSPS) is 22.8. The molecule has 2 aliphatic rings. The van der Waals surface area contributed by atoms with Crippen molar-refractivity contribution < 1.29 is 9.53 Å². The van der Waals surface area contributed by atoms with Gasteiger partial charge in [0.05, 0.1) is 17.2 Å². The summed E-state index contributed by atoms with van der Waals surface area (Å²) in [6.45, 7) is 7.24. The SMILES string of the molecule is CC(C)COc1ccc(/C=C2\SC(=Nc3ccccc3)N([C@H]3CCCC[C@H]3C)C2=O)c2ccccc12. The van der Waals surface area contributed by atoms with E-state index in [4.69, 9.17) is 9.73 Å². The van der Waals surface area contributed by atoms with Crippen molar-refractivity contribution in [2.75, 3.05) is 6.61 Å². The van der Waals surface area contributed by atoms with Gasteiger partial charge in [-0.15, -0.1) is 0 Å². The van der Waals surface area contributed by atoms with Gasteiger partial charge in [0.2, 0.25) is 0 Å². The van der Waals surface area contributed by atoms with E-state index in [1.54, 1.807) is 0 Å². The molecule has 1 amide bonds. The Bertz CT molecular complexity index is 1300. The zero-order valence-electron chi connectivity index (χ0n) is 21.3. The second kappa shape index (κ2) is 10.9. The number of amides is 1. The van der Waals surface area contributed by atoms with E-state index < -0.39 is 0 Å². The van der Waals surface area contributed by atoms with E-state index in [1.807, 2.05) is 59.5 Å². The van der Waals surface area contributed by atoms with Crippen molar-refractivity contribution in [3.05, 3.63) is 77.2 Å². The number of para-hydroxylation sites is 1. The first-order chi connectivity index (χ1) is 17.5. The maximum absolute atomic E-state index is 13.9. The second-order valence-electron chi connectivity index (χ2n) is 10.2. The number of carbonyl (C=O) groups excluding carboxylic acids is 1. The van der Waals surface area contributed by atoms with Crippen LogP contribution in [-0.4, -0.2) is 28.6 Å². The van der Waals surface area contributed by atoms with Gasteiger partial charge in [-0.3, -0.25) is 9.69 Å². The van der Waals surface area contributed by atoms with E-state index in [-0.39, 0.29) is 11.9 Å². The summed E-state index contributed by atoms with van der Waals surface area (Å²) in [5.74, 6) is 1.86. The molecule has 186 valence electrons. The van der Waals surface area contributed by atoms with E-state index in [9.17, 15) is 4.79 Å². The van der Waals surface area contributed by atoms with Gasteiger partial charge in [-0.1, -0.05) is 82.1 Å². The first-order valence-electron chi connectivity index (χ1n) is 13.0. The maximum Gasteiger partial charge on any atom is 0.267 e. The predicted octanol–water partition coefficient (Wildman–Crippen LogP) is 8.06. The van der Waals surface area contributed by atoms with Crippen molar-refractivity contribution in [2.24, 2.45) is 16.8 Å². The third kappa shape index (κ3) is 5.22. The van der Waals surface area contributed by atoms with E-state index in [0.717, 1.165) is 57.1 Å². The highest BCUT2D eigenvalue weighted by Gasteiger charge is 2.41. The van der Waals surface area contributed by atoms with Crippen molar-refractivity contribution in [3.8, 4) is 5.75 Å². The average molecular weight is 499 g/mol. The van der Waals surface area contributed by atoms with Crippen LogP contribution in [0.3, 0.4) is 0 Å². The van der Waals surface area contributed by atoms with Gasteiger partial charge in [0.25, 0.3) is 5.91 Å². The largest absolute Gasteiger partial charge is 0.493 e. The van der Waals surface area contributed by atoms with Crippen LogP contribution < -0.4 is 4.74 Å². The molecule has 1 saturated carbocycles. The Morgan fingerprint density at radius 1 is 1.00 bits per heavy atom. The van der Waals surface area contributed by atoms with Crippen molar-refractivity contribution in [1.29, 1.82) is 0 Å². The number of fused-ring (bicyclic) bond motifs is 1. The first-order valence-corrected chi connectivity index (χ1v) is 13.8. The van der Waals surface area contributed by atoms with Gasteiger partial charge in [-0.05, 0) is 71.7 Å². The number of carbonyl (C=O) groups is 1. The summed E-state index contributed by atoms with van der Waals surface area (Å²) in [5, 5.41) is 2.95. The summed E-state index contributed by atoms with van der Waals surface area (Å²) in [6.07, 6.45) is 6.61. The Labute approximate surface area is 218 Å². The van der Waals surface area contributed by atoms with Gasteiger partial charge < -0.3 is 4.74 Å². The molecule has 3 aromatic carbocycles. The maximum atomic E-state index is 13.9. The van der Waals surface area contributed by atoms with Gasteiger partial charge in [-0.2, -0.15) is 0 Å². The molecule has 0 bridgehead atoms. The molecule has 2 atom stereocenters. The number of amidine groups is 1. The smallest absolute Gasteiger partial charge is 0.267 e. The monoisotopic (exact) mass is 498 g/mol. The Morgan fingerprint density at radius 3 is 2.47 bits per heavy atom. The molecule has 4 nitrogen and oxygen atoms in total. The lowest BCUT2D eigenvalue weighted by molar-refractivity contribution is -0.124. The standard InChI is InChI=1S/C31H34N2O2S/c1-21(2)20-35-28-18-17-23(25-14-8-9-15-26(25)28)19-29-30(34)33(27-16-10-7-11-22(27)3)31(36-29)32-24-12-5-4-6-13-24/h4-6,8-9,12-15,17-19,21-22,27H,7,10-11,16,20H2,1-3H3/b29-19-,32-31?/t22-,27+/m1/s1. The van der Waals surface area contributed by atoms with E-state index in [2.05, 4.69) is 39.0 Å². The predicted molar refractivity (Wildman–Crippen MR) is 152 cm³/mol. The lowest BCUT2D eigenvalue weighted by atomic mass is 9.85. The first kappa shape index (κ1) is 24.6. The van der Waals surface area contributed by atoms with Crippen molar-refractivity contribution >= 4 is 45.4 Å². The molecule has 0 spiro atoms. The summed E-state index contributed by atoms with van der Waals surface area (Å²) in [4.78, 5) is 21.5. The molecule has 1 heterocycles. The molecule has 0 aromatic heterocycles. The number of aliphatic imine (C=N–C) groups is 1. The van der Waals surface area contributed by atoms with Crippen LogP contribution in [0.4, 0.5) is 5.69 Å². The summed E-state index contributed by atoms with van der Waals surface area (Å²) in [6, 6.07) is 22.5. The lowest BCUT2D eigenvalue weighted by Gasteiger charge is -2.35. The van der Waals surface area contributed by atoms with E-state index in [0.29, 0.717) is 18.4 Å². The molecule has 36 heavy (non-hydrogen) atoms. The van der Waals surface area contributed by atoms with Crippen molar-refractivity contribution in [1.82, 2.24) is 4.90 Å². The Kier molecular flexibility index (Phi) is 7.47. The number of nitrogens with zero attached hydrogens (tertiary/aromatic N) is 2. The molecule has 1 aliphatic carbocycles.